The zero-order valence-corrected chi connectivity index (χ0v) is 67.0. The second-order valence-corrected chi connectivity index (χ2v) is 41.9. The Hall–Kier alpha value is -3.59. The van der Waals surface area contributed by atoms with E-state index in [1.54, 1.807) is 0 Å². The Morgan fingerprint density at radius 3 is 0.549 bits per heavy atom. The maximum Gasteiger partial charge on any atom is 0.334 e. The lowest BCUT2D eigenvalue weighted by Crippen LogP contribution is -2.62. The molecule has 91 heavy (non-hydrogen) atoms. The molecule has 0 amide bonds. The van der Waals surface area contributed by atoms with Crippen molar-refractivity contribution in [3.8, 4) is 0 Å². The monoisotopic (exact) mass is 1260 g/mol. The van der Waals surface area contributed by atoms with Gasteiger partial charge < -0.3 is 13.6 Å². The van der Waals surface area contributed by atoms with Gasteiger partial charge in [0.1, 0.15) is 0 Å². The van der Waals surface area contributed by atoms with E-state index in [0.717, 1.165) is 0 Å². The lowest BCUT2D eigenvalue weighted by molar-refractivity contribution is -0.131. The Morgan fingerprint density at radius 1 is 0.253 bits per heavy atom. The third-order valence-corrected chi connectivity index (χ3v) is 22.7. The largest absolute Gasteiger partial charge is 0.334 e. The van der Waals surface area contributed by atoms with Gasteiger partial charge in [0.05, 0.1) is 18.3 Å². The van der Waals surface area contributed by atoms with Crippen molar-refractivity contribution in [3.05, 3.63) is 158 Å². The molecule has 0 aromatic heterocycles. The summed E-state index contributed by atoms with van der Waals surface area (Å²) in [5.74, 6) is 0. The van der Waals surface area contributed by atoms with Crippen LogP contribution in [-0.2, 0) is 13.6 Å². The highest BCUT2D eigenvalue weighted by Crippen LogP contribution is 2.76. The third kappa shape index (κ3) is 13.6. The number of allylic oxidation sites excluding steroid dienone is 6. The molecular weight excluding hydrogens is 1120 g/mol. The topological polar surface area (TPSA) is 27.7 Å². The van der Waals surface area contributed by atoms with Crippen LogP contribution < -0.4 is 0 Å². The Labute approximate surface area is 563 Å². The molecular formula is C87H135O3P. The van der Waals surface area contributed by atoms with E-state index >= 15 is 0 Å². The molecule has 3 aromatic carbocycles. The van der Waals surface area contributed by atoms with Crippen LogP contribution >= 0.6 is 8.60 Å². The molecule has 506 valence electrons. The van der Waals surface area contributed by atoms with Crippen LogP contribution in [0.3, 0.4) is 0 Å². The third-order valence-electron chi connectivity index (χ3n) is 21.5. The Bertz CT molecular complexity index is 2920. The second kappa shape index (κ2) is 24.2. The Morgan fingerprint density at radius 2 is 0.418 bits per heavy atom. The molecule has 0 aliphatic heterocycles. The minimum Gasteiger partial charge on any atom is -0.303 e. The highest BCUT2D eigenvalue weighted by atomic mass is 31.2. The van der Waals surface area contributed by atoms with Gasteiger partial charge in [-0.25, -0.2) is 0 Å². The Kier molecular flexibility index (Phi) is 20.3. The van der Waals surface area contributed by atoms with E-state index in [-0.39, 0.29) is 65.0 Å². The van der Waals surface area contributed by atoms with Gasteiger partial charge in [-0.15, -0.1) is 0 Å². The summed E-state index contributed by atoms with van der Waals surface area (Å²) in [6.07, 6.45) is 6.18. The van der Waals surface area contributed by atoms with Crippen LogP contribution in [0.25, 0.3) is 16.7 Å². The van der Waals surface area contributed by atoms with Gasteiger partial charge >= 0.3 is 8.60 Å². The number of rotatable bonds is 9. The summed E-state index contributed by atoms with van der Waals surface area (Å²) in [5, 5.41) is 0. The zero-order chi connectivity index (χ0) is 70.2. The number of hydrogen-bond donors (Lipinski definition) is 0. The predicted molar refractivity (Wildman–Crippen MR) is 401 cm³/mol. The van der Waals surface area contributed by atoms with Crippen molar-refractivity contribution < 1.29 is 13.6 Å². The van der Waals surface area contributed by atoms with E-state index in [1.807, 2.05) is 0 Å². The molecule has 3 aliphatic rings. The molecule has 3 aliphatic carbocycles. The normalized spacial score (nSPS) is 21.7. The summed E-state index contributed by atoms with van der Waals surface area (Å²) in [6, 6.07) is 28.0. The minimum atomic E-state index is -2.38. The van der Waals surface area contributed by atoms with Crippen LogP contribution in [-0.4, -0.2) is 18.3 Å². The summed E-state index contributed by atoms with van der Waals surface area (Å²) >= 11 is 0. The fraction of sp³-hybridized carbons (Fsp3) is 0.655. The highest BCUT2D eigenvalue weighted by molar-refractivity contribution is 7.41. The van der Waals surface area contributed by atoms with E-state index in [1.165, 1.54) is 83.5 Å². The van der Waals surface area contributed by atoms with Gasteiger partial charge in [-0.3, -0.25) is 0 Å². The van der Waals surface area contributed by atoms with Gasteiger partial charge in [-0.2, -0.15) is 0 Å². The van der Waals surface area contributed by atoms with Gasteiger partial charge in [0.25, 0.3) is 0 Å². The van der Waals surface area contributed by atoms with E-state index in [9.17, 15) is 0 Å². The van der Waals surface area contributed by atoms with Crippen LogP contribution in [0.1, 0.15) is 283 Å². The smallest absolute Gasteiger partial charge is 0.303 e. The summed E-state index contributed by atoms with van der Waals surface area (Å²) in [7, 11) is -2.38. The SMILES string of the molecule is Cc1ccc(C2=C(C(C)(C)C)C(C(C)(C)C)(C(C)(C)C)C(OP(OC3C(C(C)(C)C)=CC(c4ccc(C)cc4)=C(C(C)(C)C)C3(C(C)(C)C)C(C)(C)C)OC3C(C(C)(C)C)=CC(c4ccc(C)cc4)=C(C(C)(C)C)C3(C(C)(C)C)C(C)(C)C)C(C(C)(C)C)=C2)cc1. The molecule has 0 heterocycles. The highest BCUT2D eigenvalue weighted by Gasteiger charge is 2.70. The molecule has 0 saturated heterocycles. The summed E-state index contributed by atoms with van der Waals surface area (Å²) in [6.45, 7) is 95.5. The maximum atomic E-state index is 9.02. The van der Waals surface area contributed by atoms with Crippen molar-refractivity contribution in [2.45, 2.75) is 288 Å². The summed E-state index contributed by atoms with van der Waals surface area (Å²) < 4.78 is 27.0. The van der Waals surface area contributed by atoms with Crippen molar-refractivity contribution >= 4 is 25.3 Å². The van der Waals surface area contributed by atoms with Crippen molar-refractivity contribution in [1.82, 2.24) is 0 Å². The lowest BCUT2D eigenvalue weighted by atomic mass is 9.41. The number of aryl methyl sites for hydroxylation is 3. The van der Waals surface area contributed by atoms with Crippen molar-refractivity contribution in [2.75, 3.05) is 0 Å². The summed E-state index contributed by atoms with van der Waals surface area (Å²) in [5.41, 5.74) is 13.0. The first-order valence-corrected chi connectivity index (χ1v) is 36.0. The van der Waals surface area contributed by atoms with Crippen molar-refractivity contribution in [3.63, 3.8) is 0 Å². The molecule has 4 heteroatoms. The second-order valence-electron chi connectivity index (χ2n) is 40.9. The standard InChI is InChI=1S/C87H135O3P/c1-55-40-46-58(47-41-55)61-52-64(73(4,5)6)70(85(79(22,23)24,80(25,26)27)67(61)76(13,14)15)88-91(89-71-65(74(7,8)9)53-62(59-48-42-56(2)43-49-59)68(77(16,17)18)86(71,81(28,29)30)82(31,32)33)90-72-66(75(10,11)12)54-63(60-50-44-57(3)45-51-60)69(78(19,20)21)87(72,83(34,35)36)84(37,38)39/h40-54,70-72H,1-39H3. The van der Waals surface area contributed by atoms with Gasteiger partial charge in [0.15, 0.2) is 0 Å². The molecule has 6 rings (SSSR count). The molecule has 3 atom stereocenters. The molecule has 3 aromatic rings. The first-order valence-electron chi connectivity index (χ1n) is 34.9. The molecule has 0 N–H and O–H groups in total. The first-order chi connectivity index (χ1) is 40.5. The van der Waals surface area contributed by atoms with Gasteiger partial charge in [0.2, 0.25) is 0 Å². The average molecular weight is 1260 g/mol. The van der Waals surface area contributed by atoms with E-state index < -0.39 is 43.2 Å². The fourth-order valence-electron chi connectivity index (χ4n) is 19.1. The van der Waals surface area contributed by atoms with Gasteiger partial charge in [-0.1, -0.05) is 357 Å². The lowest BCUT2D eigenvalue weighted by Gasteiger charge is -2.66. The molecule has 0 fully saturated rings. The average Bonchev–Trinajstić information content (AvgIpc) is 0.698. The quantitative estimate of drug-likeness (QED) is 0.200. The zero-order valence-electron chi connectivity index (χ0n) is 66.1. The van der Waals surface area contributed by atoms with Gasteiger partial charge in [0, 0.05) is 16.2 Å². The molecule has 0 spiro atoms. The van der Waals surface area contributed by atoms with Crippen LogP contribution in [0, 0.1) is 102 Å². The van der Waals surface area contributed by atoms with Crippen molar-refractivity contribution in [2.24, 2.45) is 81.2 Å². The first kappa shape index (κ1) is 76.4. The van der Waals surface area contributed by atoms with Crippen molar-refractivity contribution in [1.29, 1.82) is 0 Å². The molecule has 3 nitrogen and oxygen atoms in total. The van der Waals surface area contributed by atoms with Crippen LogP contribution in [0.4, 0.5) is 0 Å². The predicted octanol–water partition coefficient (Wildman–Crippen LogP) is 27.0. The van der Waals surface area contributed by atoms with Crippen LogP contribution in [0.2, 0.25) is 0 Å². The maximum absolute atomic E-state index is 9.02. The van der Waals surface area contributed by atoms with Crippen LogP contribution in [0.15, 0.2) is 124 Å². The Balaban J connectivity index is 1.99. The molecule has 0 bridgehead atoms. The van der Waals surface area contributed by atoms with Crippen LogP contribution in [0.5, 0.6) is 0 Å². The molecule has 0 saturated carbocycles. The molecule has 3 unspecified atom stereocenters. The van der Waals surface area contributed by atoms with Gasteiger partial charge in [-0.05, 0) is 153 Å². The number of benzene rings is 3. The summed E-state index contributed by atoms with van der Waals surface area (Å²) in [4.78, 5) is 0. The number of hydrogen-bond acceptors (Lipinski definition) is 3. The van der Waals surface area contributed by atoms with E-state index in [4.69, 9.17) is 13.6 Å². The minimum absolute atomic E-state index is 0.317. The van der Waals surface area contributed by atoms with E-state index in [2.05, 4.69) is 361 Å². The van der Waals surface area contributed by atoms with E-state index in [0.29, 0.717) is 0 Å². The fourth-order valence-corrected chi connectivity index (χ4v) is 20.5. The molecule has 0 radical (unpaired) electrons.